The van der Waals surface area contributed by atoms with Crippen molar-refractivity contribution in [3.63, 3.8) is 0 Å². The molecule has 2 aliphatic heterocycles. The molecule has 2 aromatic carbocycles. The van der Waals surface area contributed by atoms with Gasteiger partial charge >= 0.3 is 12.2 Å². The molecule has 0 spiro atoms. The van der Waals surface area contributed by atoms with E-state index in [1.54, 1.807) is 22.2 Å². The predicted octanol–water partition coefficient (Wildman–Crippen LogP) is 5.87. The number of aromatic nitrogens is 4. The van der Waals surface area contributed by atoms with E-state index in [2.05, 4.69) is 55.3 Å². The number of carbonyl (C=O) groups excluding carboxylic acids is 3. The average molecular weight is 773 g/mol. The molecular formula is C43H48N8O6. The van der Waals surface area contributed by atoms with Crippen molar-refractivity contribution in [3.8, 4) is 46.1 Å². The zero-order valence-corrected chi connectivity index (χ0v) is 32.8. The zero-order valence-electron chi connectivity index (χ0n) is 32.8. The van der Waals surface area contributed by atoms with E-state index in [0.29, 0.717) is 36.9 Å². The first-order valence-corrected chi connectivity index (χ1v) is 19.2. The summed E-state index contributed by atoms with van der Waals surface area (Å²) in [6, 6.07) is 13.8. The molecular weight excluding hydrogens is 725 g/mol. The number of rotatable bonds is 10. The van der Waals surface area contributed by atoms with Crippen LogP contribution in [0.3, 0.4) is 0 Å². The van der Waals surface area contributed by atoms with Gasteiger partial charge in [-0.2, -0.15) is 0 Å². The quantitative estimate of drug-likeness (QED) is 0.124. The van der Waals surface area contributed by atoms with Crippen molar-refractivity contribution in [2.24, 2.45) is 11.8 Å². The van der Waals surface area contributed by atoms with Crippen LogP contribution in [0.25, 0.3) is 22.4 Å². The number of benzene rings is 2. The van der Waals surface area contributed by atoms with Crippen molar-refractivity contribution in [2.75, 3.05) is 20.2 Å². The minimum Gasteiger partial charge on any atom is -0.465 e. The Bertz CT molecular complexity index is 2220. The van der Waals surface area contributed by atoms with E-state index >= 15 is 0 Å². The fourth-order valence-corrected chi connectivity index (χ4v) is 7.43. The molecule has 0 unspecified atom stereocenters. The summed E-state index contributed by atoms with van der Waals surface area (Å²) in [5, 5.41) is 14.3. The Kier molecular flexibility index (Phi) is 12.6. The Hall–Kier alpha value is -6.54. The fourth-order valence-electron chi connectivity index (χ4n) is 7.43. The van der Waals surface area contributed by atoms with E-state index in [-0.39, 0.29) is 35.7 Å². The van der Waals surface area contributed by atoms with Crippen molar-refractivity contribution in [3.05, 3.63) is 83.8 Å². The van der Waals surface area contributed by atoms with Crippen LogP contribution in [0.4, 0.5) is 9.59 Å². The van der Waals surface area contributed by atoms with Gasteiger partial charge in [0.2, 0.25) is 11.8 Å². The van der Waals surface area contributed by atoms with Gasteiger partial charge in [-0.3, -0.25) is 9.59 Å². The number of ether oxygens (including phenoxy) is 1. The second-order valence-corrected chi connectivity index (χ2v) is 14.9. The first-order valence-electron chi connectivity index (χ1n) is 19.2. The van der Waals surface area contributed by atoms with Crippen LogP contribution in [-0.4, -0.2) is 91.1 Å². The number of likely N-dealkylation sites (tertiary alicyclic amines) is 2. The second kappa shape index (κ2) is 17.9. The molecule has 4 heterocycles. The summed E-state index contributed by atoms with van der Waals surface area (Å²) >= 11 is 0. The minimum absolute atomic E-state index is 0.131. The Balaban J connectivity index is 1.20. The third-order valence-corrected chi connectivity index (χ3v) is 10.4. The van der Waals surface area contributed by atoms with Gasteiger partial charge in [0.1, 0.15) is 29.4 Å². The summed E-state index contributed by atoms with van der Waals surface area (Å²) in [5.74, 6) is 12.7. The third-order valence-electron chi connectivity index (χ3n) is 10.4. The smallest absolute Gasteiger partial charge is 0.407 e. The molecule has 14 heteroatoms. The number of nitrogens with one attached hydrogen (secondary N) is 4. The highest BCUT2D eigenvalue weighted by atomic mass is 16.5. The molecule has 2 fully saturated rings. The molecule has 2 aromatic heterocycles. The van der Waals surface area contributed by atoms with E-state index in [0.717, 1.165) is 47.2 Å². The number of aromatic amines is 2. The van der Waals surface area contributed by atoms with E-state index < -0.39 is 24.3 Å². The number of imidazole rings is 2. The molecule has 0 aliphatic carbocycles. The summed E-state index contributed by atoms with van der Waals surface area (Å²) in [4.78, 5) is 69.7. The van der Waals surface area contributed by atoms with Gasteiger partial charge in [-0.05, 0) is 78.5 Å². The second-order valence-electron chi connectivity index (χ2n) is 14.9. The highest BCUT2D eigenvalue weighted by molar-refractivity contribution is 5.87. The Morgan fingerprint density at radius 3 is 2.00 bits per heavy atom. The van der Waals surface area contributed by atoms with Crippen LogP contribution in [0.15, 0.2) is 60.9 Å². The van der Waals surface area contributed by atoms with Gasteiger partial charge in [0, 0.05) is 24.2 Å². The Morgan fingerprint density at radius 2 is 1.39 bits per heavy atom. The summed E-state index contributed by atoms with van der Waals surface area (Å²) in [5.41, 5.74) is 4.92. The molecule has 4 aromatic rings. The van der Waals surface area contributed by atoms with Crippen molar-refractivity contribution in [1.29, 1.82) is 0 Å². The number of carbonyl (C=O) groups is 4. The van der Waals surface area contributed by atoms with Gasteiger partial charge in [-0.1, -0.05) is 70.0 Å². The van der Waals surface area contributed by atoms with E-state index in [1.165, 1.54) is 7.11 Å². The number of hydrogen-bond donors (Lipinski definition) is 5. The molecule has 0 bridgehead atoms. The molecule has 0 radical (unpaired) electrons. The monoisotopic (exact) mass is 772 g/mol. The van der Waals surface area contributed by atoms with Crippen LogP contribution in [0.5, 0.6) is 0 Å². The lowest BCUT2D eigenvalue weighted by Crippen LogP contribution is -2.51. The van der Waals surface area contributed by atoms with Crippen LogP contribution in [0, 0.1) is 35.5 Å². The SMILES string of the molecule is COC(=O)N[C@H](C(=O)N1CCC[C@H]1c1ncc(-c2ccc(C#CC#Cc3cnc([C@@H]4CCCN4C(=O)[C@@H](NC(=O)O)C(C)C)[nH]3)c(-c3ccccc3)c2)[nH]1)C(C)C. The normalized spacial score (nSPS) is 17.3. The maximum absolute atomic E-state index is 13.6. The van der Waals surface area contributed by atoms with Crippen LogP contribution in [0.1, 0.15) is 88.4 Å². The third kappa shape index (κ3) is 9.30. The van der Waals surface area contributed by atoms with E-state index in [4.69, 9.17) is 9.72 Å². The van der Waals surface area contributed by atoms with Gasteiger partial charge in [0.05, 0.1) is 37.3 Å². The van der Waals surface area contributed by atoms with Crippen molar-refractivity contribution in [1.82, 2.24) is 40.4 Å². The number of carboxylic acid groups (broad SMARTS) is 1. The van der Waals surface area contributed by atoms with Crippen LogP contribution in [0.2, 0.25) is 0 Å². The summed E-state index contributed by atoms with van der Waals surface area (Å²) in [6.07, 6.45) is 4.57. The highest BCUT2D eigenvalue weighted by Gasteiger charge is 2.38. The first-order chi connectivity index (χ1) is 27.4. The lowest BCUT2D eigenvalue weighted by atomic mass is 9.96. The molecule has 296 valence electrons. The predicted molar refractivity (Wildman–Crippen MR) is 213 cm³/mol. The molecule has 5 N–H and O–H groups in total. The summed E-state index contributed by atoms with van der Waals surface area (Å²) in [6.45, 7) is 8.48. The topological polar surface area (TPSA) is 186 Å². The maximum Gasteiger partial charge on any atom is 0.407 e. The molecule has 57 heavy (non-hydrogen) atoms. The zero-order chi connectivity index (χ0) is 40.6. The van der Waals surface area contributed by atoms with E-state index in [1.807, 2.05) is 70.2 Å². The van der Waals surface area contributed by atoms with Gasteiger partial charge < -0.3 is 40.2 Å². The first kappa shape index (κ1) is 40.1. The standard InChI is InChI=1S/C43H48N8O6/c1-26(2)36(48-42(54)55)40(52)50-21-11-17-34(50)38-44-24-31(46-38)16-10-9-15-29-19-20-30(23-32(29)28-13-7-6-8-14-28)33-25-45-39(47-33)35-18-12-22-51(35)41(53)37(27(3)4)49-43(56)57-5/h6-8,13-14,19-20,23-27,34-37,48H,11-12,17-18,21-22H2,1-5H3,(H,44,46)(H,45,47)(H,49,56)(H,54,55)/t34-,35-,36-,37-/m0/s1. The molecule has 6 rings (SSSR count). The summed E-state index contributed by atoms with van der Waals surface area (Å²) in [7, 11) is 1.28. The molecule has 0 saturated carbocycles. The highest BCUT2D eigenvalue weighted by Crippen LogP contribution is 2.35. The molecule has 4 atom stereocenters. The molecule has 2 saturated heterocycles. The van der Waals surface area contributed by atoms with Crippen molar-refractivity contribution in [2.45, 2.75) is 77.5 Å². The number of methoxy groups -OCH3 is 1. The summed E-state index contributed by atoms with van der Waals surface area (Å²) < 4.78 is 4.77. The van der Waals surface area contributed by atoms with Gasteiger partial charge in [0.25, 0.3) is 0 Å². The lowest BCUT2D eigenvalue weighted by molar-refractivity contribution is -0.136. The van der Waals surface area contributed by atoms with Crippen molar-refractivity contribution >= 4 is 24.0 Å². The van der Waals surface area contributed by atoms with Crippen molar-refractivity contribution < 1.29 is 29.0 Å². The molecule has 4 amide bonds. The molecule has 14 nitrogen and oxygen atoms in total. The Labute approximate surface area is 332 Å². The van der Waals surface area contributed by atoms with Crippen LogP contribution < -0.4 is 10.6 Å². The number of amides is 4. The number of hydrogen-bond acceptors (Lipinski definition) is 7. The number of nitrogens with zero attached hydrogens (tertiary/aromatic N) is 4. The number of alkyl carbamates (subject to hydrolysis) is 1. The average Bonchev–Trinajstić information content (AvgIpc) is 4.04. The fraction of sp³-hybridized carbons (Fsp3) is 0.395. The lowest BCUT2D eigenvalue weighted by Gasteiger charge is -2.30. The largest absolute Gasteiger partial charge is 0.465 e. The van der Waals surface area contributed by atoms with Gasteiger partial charge in [-0.15, -0.1) is 0 Å². The minimum atomic E-state index is -1.23. The number of H-pyrrole nitrogens is 2. The van der Waals surface area contributed by atoms with Crippen LogP contribution >= 0.6 is 0 Å². The Morgan fingerprint density at radius 1 is 0.789 bits per heavy atom. The van der Waals surface area contributed by atoms with E-state index in [9.17, 15) is 24.3 Å². The van der Waals surface area contributed by atoms with Crippen LogP contribution in [-0.2, 0) is 14.3 Å². The maximum atomic E-state index is 13.6. The van der Waals surface area contributed by atoms with Gasteiger partial charge in [-0.25, -0.2) is 19.6 Å². The van der Waals surface area contributed by atoms with Gasteiger partial charge in [0.15, 0.2) is 0 Å². The molecule has 2 aliphatic rings.